The van der Waals surface area contributed by atoms with Crippen LogP contribution in [0.4, 0.5) is 5.69 Å². The molecule has 0 N–H and O–H groups in total. The van der Waals surface area contributed by atoms with Crippen LogP contribution in [0.25, 0.3) is 0 Å². The third-order valence-corrected chi connectivity index (χ3v) is 4.26. The van der Waals surface area contributed by atoms with Crippen LogP contribution in [0.3, 0.4) is 0 Å². The molecule has 120 valence electrons. The number of nitrogens with zero attached hydrogens (tertiary/aromatic N) is 1. The first-order chi connectivity index (χ1) is 11.3. The number of carbonyl (C=O) groups is 1. The molecule has 1 heterocycles. The predicted molar refractivity (Wildman–Crippen MR) is 92.3 cm³/mol. The van der Waals surface area contributed by atoms with E-state index in [1.54, 1.807) is 0 Å². The molecule has 1 unspecified atom stereocenters. The maximum absolute atomic E-state index is 12.8. The average molecular weight is 309 g/mol. The fraction of sp³-hybridized carbons (Fsp3) is 0.350. The van der Waals surface area contributed by atoms with E-state index >= 15 is 0 Å². The number of amides is 1. The zero-order valence-corrected chi connectivity index (χ0v) is 13.4. The molecule has 3 heteroatoms. The number of hydrogen-bond donors (Lipinski definition) is 0. The lowest BCUT2D eigenvalue weighted by molar-refractivity contribution is -0.119. The Hall–Kier alpha value is -2.13. The lowest BCUT2D eigenvalue weighted by atomic mass is 10.1. The number of rotatable bonds is 6. The summed E-state index contributed by atoms with van der Waals surface area (Å²) < 4.78 is 5.64. The molecule has 0 bridgehead atoms. The van der Waals surface area contributed by atoms with Crippen LogP contribution < -0.4 is 4.90 Å². The Labute approximate surface area is 137 Å². The van der Waals surface area contributed by atoms with Crippen molar-refractivity contribution in [2.24, 2.45) is 0 Å². The van der Waals surface area contributed by atoms with Crippen LogP contribution in [0.15, 0.2) is 60.7 Å². The Kier molecular flexibility index (Phi) is 5.43. The van der Waals surface area contributed by atoms with Crippen molar-refractivity contribution in [3.63, 3.8) is 0 Å². The molecule has 1 aliphatic heterocycles. The zero-order valence-electron chi connectivity index (χ0n) is 13.4. The summed E-state index contributed by atoms with van der Waals surface area (Å²) in [4.78, 5) is 14.7. The Bertz CT molecular complexity index is 606. The Morgan fingerprint density at radius 2 is 1.74 bits per heavy atom. The molecular formula is C20H23NO2. The summed E-state index contributed by atoms with van der Waals surface area (Å²) in [6.45, 7) is 1.44. The summed E-state index contributed by atoms with van der Waals surface area (Å²) in [5.74, 6) is 0.163. The van der Waals surface area contributed by atoms with Crippen molar-refractivity contribution in [1.29, 1.82) is 0 Å². The average Bonchev–Trinajstić information content (AvgIpc) is 3.13. The SMILES string of the molecule is O=C(CCC1CCCO1)N(Cc1ccccc1)c1ccccc1. The number of benzene rings is 2. The molecule has 1 aliphatic rings. The van der Waals surface area contributed by atoms with Gasteiger partial charge in [-0.05, 0) is 37.0 Å². The largest absolute Gasteiger partial charge is 0.378 e. The van der Waals surface area contributed by atoms with Crippen molar-refractivity contribution < 1.29 is 9.53 Å². The van der Waals surface area contributed by atoms with Crippen molar-refractivity contribution >= 4 is 11.6 Å². The first-order valence-corrected chi connectivity index (χ1v) is 8.34. The van der Waals surface area contributed by atoms with Gasteiger partial charge < -0.3 is 9.64 Å². The van der Waals surface area contributed by atoms with Gasteiger partial charge in [0.05, 0.1) is 12.6 Å². The van der Waals surface area contributed by atoms with Crippen LogP contribution >= 0.6 is 0 Å². The maximum atomic E-state index is 12.8. The van der Waals surface area contributed by atoms with Crippen molar-refractivity contribution in [3.05, 3.63) is 66.2 Å². The van der Waals surface area contributed by atoms with Gasteiger partial charge in [-0.25, -0.2) is 0 Å². The van der Waals surface area contributed by atoms with Gasteiger partial charge in [-0.15, -0.1) is 0 Å². The first kappa shape index (κ1) is 15.8. The van der Waals surface area contributed by atoms with Crippen molar-refractivity contribution in [2.45, 2.75) is 38.3 Å². The summed E-state index contributed by atoms with van der Waals surface area (Å²) in [5, 5.41) is 0. The minimum Gasteiger partial charge on any atom is -0.378 e. The minimum atomic E-state index is 0.163. The van der Waals surface area contributed by atoms with Crippen LogP contribution in [0, 0.1) is 0 Å². The first-order valence-electron chi connectivity index (χ1n) is 8.34. The van der Waals surface area contributed by atoms with Crippen molar-refractivity contribution in [2.75, 3.05) is 11.5 Å². The van der Waals surface area contributed by atoms with E-state index in [4.69, 9.17) is 4.74 Å². The molecule has 23 heavy (non-hydrogen) atoms. The van der Waals surface area contributed by atoms with Gasteiger partial charge in [0.15, 0.2) is 0 Å². The molecule has 1 amide bonds. The van der Waals surface area contributed by atoms with Gasteiger partial charge in [0, 0.05) is 18.7 Å². The highest BCUT2D eigenvalue weighted by Crippen LogP contribution is 2.21. The molecule has 0 spiro atoms. The highest BCUT2D eigenvalue weighted by molar-refractivity contribution is 5.93. The van der Waals surface area contributed by atoms with Crippen LogP contribution in [-0.2, 0) is 16.1 Å². The summed E-state index contributed by atoms with van der Waals surface area (Å²) in [6, 6.07) is 20.0. The van der Waals surface area contributed by atoms with E-state index in [2.05, 4.69) is 12.1 Å². The quantitative estimate of drug-likeness (QED) is 0.801. The Morgan fingerprint density at radius 3 is 2.39 bits per heavy atom. The number of para-hydroxylation sites is 1. The highest BCUT2D eigenvalue weighted by Gasteiger charge is 2.20. The summed E-state index contributed by atoms with van der Waals surface area (Å²) >= 11 is 0. The number of hydrogen-bond acceptors (Lipinski definition) is 2. The molecule has 0 radical (unpaired) electrons. The van der Waals surface area contributed by atoms with Crippen LogP contribution in [0.2, 0.25) is 0 Å². The number of anilines is 1. The summed E-state index contributed by atoms with van der Waals surface area (Å²) in [5.41, 5.74) is 2.09. The molecule has 2 aromatic carbocycles. The summed E-state index contributed by atoms with van der Waals surface area (Å²) in [6.07, 6.45) is 3.81. The van der Waals surface area contributed by atoms with Gasteiger partial charge >= 0.3 is 0 Å². The summed E-state index contributed by atoms with van der Waals surface area (Å²) in [7, 11) is 0. The fourth-order valence-electron chi connectivity index (χ4n) is 2.99. The topological polar surface area (TPSA) is 29.5 Å². The molecule has 0 saturated carbocycles. The molecule has 0 aliphatic carbocycles. The van der Waals surface area contributed by atoms with E-state index in [9.17, 15) is 4.79 Å². The van der Waals surface area contributed by atoms with Crippen LogP contribution in [-0.4, -0.2) is 18.6 Å². The second-order valence-electron chi connectivity index (χ2n) is 5.97. The highest BCUT2D eigenvalue weighted by atomic mass is 16.5. The van der Waals surface area contributed by atoms with E-state index in [0.29, 0.717) is 13.0 Å². The third-order valence-electron chi connectivity index (χ3n) is 4.26. The second kappa shape index (κ2) is 7.93. The van der Waals surface area contributed by atoms with Gasteiger partial charge in [0.2, 0.25) is 5.91 Å². The normalized spacial score (nSPS) is 17.1. The van der Waals surface area contributed by atoms with Gasteiger partial charge in [-0.2, -0.15) is 0 Å². The maximum Gasteiger partial charge on any atom is 0.227 e. The van der Waals surface area contributed by atoms with Crippen molar-refractivity contribution in [1.82, 2.24) is 0 Å². The smallest absolute Gasteiger partial charge is 0.227 e. The second-order valence-corrected chi connectivity index (χ2v) is 5.97. The third kappa shape index (κ3) is 4.42. The molecule has 2 aromatic rings. The minimum absolute atomic E-state index is 0.163. The van der Waals surface area contributed by atoms with Gasteiger partial charge in [-0.3, -0.25) is 4.79 Å². The van der Waals surface area contributed by atoms with E-state index in [0.717, 1.165) is 37.1 Å². The lowest BCUT2D eigenvalue weighted by Crippen LogP contribution is -2.30. The van der Waals surface area contributed by atoms with Crippen LogP contribution in [0.5, 0.6) is 0 Å². The molecule has 1 atom stereocenters. The lowest BCUT2D eigenvalue weighted by Gasteiger charge is -2.23. The predicted octanol–water partition coefficient (Wildman–Crippen LogP) is 4.18. The van der Waals surface area contributed by atoms with Gasteiger partial charge in [0.1, 0.15) is 0 Å². The molecule has 1 saturated heterocycles. The molecule has 0 aromatic heterocycles. The van der Waals surface area contributed by atoms with Crippen molar-refractivity contribution in [3.8, 4) is 0 Å². The van der Waals surface area contributed by atoms with E-state index in [1.165, 1.54) is 0 Å². The molecule has 3 nitrogen and oxygen atoms in total. The standard InChI is InChI=1S/C20H23NO2/c22-20(14-13-19-12-7-15-23-19)21(18-10-5-2-6-11-18)16-17-8-3-1-4-9-17/h1-6,8-11,19H,7,12-16H2. The van der Waals surface area contributed by atoms with Gasteiger partial charge in [-0.1, -0.05) is 48.5 Å². The number of carbonyl (C=O) groups excluding carboxylic acids is 1. The monoisotopic (exact) mass is 309 g/mol. The van der Waals surface area contributed by atoms with Crippen LogP contribution in [0.1, 0.15) is 31.2 Å². The molecule has 3 rings (SSSR count). The molecule has 1 fully saturated rings. The van der Waals surface area contributed by atoms with E-state index in [-0.39, 0.29) is 12.0 Å². The van der Waals surface area contributed by atoms with E-state index in [1.807, 2.05) is 53.4 Å². The fourth-order valence-corrected chi connectivity index (χ4v) is 2.99. The molecular weight excluding hydrogens is 286 g/mol. The number of ether oxygens (including phenoxy) is 1. The Morgan fingerprint density at radius 1 is 1.04 bits per heavy atom. The zero-order chi connectivity index (χ0) is 15.9. The van der Waals surface area contributed by atoms with Gasteiger partial charge in [0.25, 0.3) is 0 Å². The van der Waals surface area contributed by atoms with E-state index < -0.39 is 0 Å². The Balaban J connectivity index is 1.70.